The van der Waals surface area contributed by atoms with Gasteiger partial charge in [-0.2, -0.15) is 4.31 Å². The van der Waals surface area contributed by atoms with Crippen molar-refractivity contribution >= 4 is 10.0 Å². The molecule has 2 rings (SSSR count). The zero-order chi connectivity index (χ0) is 13.9. The van der Waals surface area contributed by atoms with Crippen molar-refractivity contribution in [2.24, 2.45) is 0 Å². The number of aliphatic hydroxyl groups is 1. The Balaban J connectivity index is 2.10. The second kappa shape index (κ2) is 6.03. The molecule has 2 unspecified atom stereocenters. The molecular formula is C14H21NO3S. The molecule has 2 atom stereocenters. The fraction of sp³-hybridized carbons (Fsp3) is 0.571. The summed E-state index contributed by atoms with van der Waals surface area (Å²) in [5.41, 5.74) is 0.777. The van der Waals surface area contributed by atoms with Crippen LogP contribution in [0.25, 0.3) is 0 Å². The molecule has 0 aliphatic heterocycles. The molecule has 19 heavy (non-hydrogen) atoms. The highest BCUT2D eigenvalue weighted by Crippen LogP contribution is 2.25. The van der Waals surface area contributed by atoms with Crippen LogP contribution < -0.4 is 0 Å². The number of aliphatic hydroxyl groups excluding tert-OH is 1. The van der Waals surface area contributed by atoms with Crippen molar-refractivity contribution in [1.29, 1.82) is 0 Å². The monoisotopic (exact) mass is 283 g/mol. The van der Waals surface area contributed by atoms with Crippen molar-refractivity contribution in [2.75, 3.05) is 7.05 Å². The highest BCUT2D eigenvalue weighted by molar-refractivity contribution is 7.88. The minimum atomic E-state index is -3.37. The van der Waals surface area contributed by atoms with Gasteiger partial charge in [-0.15, -0.1) is 0 Å². The van der Waals surface area contributed by atoms with Gasteiger partial charge in [0, 0.05) is 7.05 Å². The molecule has 106 valence electrons. The van der Waals surface area contributed by atoms with Crippen LogP contribution in [0, 0.1) is 0 Å². The Morgan fingerprint density at radius 3 is 2.47 bits per heavy atom. The van der Waals surface area contributed by atoms with E-state index in [-0.39, 0.29) is 11.8 Å². The summed E-state index contributed by atoms with van der Waals surface area (Å²) in [6, 6.07) is 8.87. The highest BCUT2D eigenvalue weighted by atomic mass is 32.2. The minimum Gasteiger partial charge on any atom is -0.391 e. The lowest BCUT2D eigenvalue weighted by Gasteiger charge is -2.34. The van der Waals surface area contributed by atoms with Crippen molar-refractivity contribution in [3.8, 4) is 0 Å². The molecule has 1 aromatic rings. The minimum absolute atomic E-state index is 0.00639. The molecule has 1 aliphatic rings. The van der Waals surface area contributed by atoms with E-state index in [1.807, 2.05) is 30.3 Å². The van der Waals surface area contributed by atoms with Gasteiger partial charge in [-0.05, 0) is 18.4 Å². The van der Waals surface area contributed by atoms with Gasteiger partial charge < -0.3 is 5.11 Å². The number of rotatable bonds is 4. The van der Waals surface area contributed by atoms with Crippen LogP contribution in [0.3, 0.4) is 0 Å². The van der Waals surface area contributed by atoms with Gasteiger partial charge >= 0.3 is 0 Å². The highest BCUT2D eigenvalue weighted by Gasteiger charge is 2.33. The van der Waals surface area contributed by atoms with Gasteiger partial charge in [0.2, 0.25) is 10.0 Å². The average Bonchev–Trinajstić information content (AvgIpc) is 2.39. The first-order valence-corrected chi connectivity index (χ1v) is 8.29. The van der Waals surface area contributed by atoms with Crippen LogP contribution in [0.2, 0.25) is 0 Å². The number of benzene rings is 1. The molecule has 1 aromatic carbocycles. The average molecular weight is 283 g/mol. The molecule has 4 nitrogen and oxygen atoms in total. The van der Waals surface area contributed by atoms with Crippen LogP contribution in [0.15, 0.2) is 30.3 Å². The van der Waals surface area contributed by atoms with E-state index in [0.29, 0.717) is 6.42 Å². The summed E-state index contributed by atoms with van der Waals surface area (Å²) in [4.78, 5) is 0. The van der Waals surface area contributed by atoms with Crippen LogP contribution in [-0.4, -0.2) is 37.0 Å². The lowest BCUT2D eigenvalue weighted by molar-refractivity contribution is 0.0637. The lowest BCUT2D eigenvalue weighted by atomic mass is 9.93. The SMILES string of the molecule is CN(C1CCCCC1O)S(=O)(=O)Cc1ccccc1. The van der Waals surface area contributed by atoms with E-state index >= 15 is 0 Å². The van der Waals surface area contributed by atoms with E-state index in [1.165, 1.54) is 4.31 Å². The number of hydrogen-bond donors (Lipinski definition) is 1. The Morgan fingerprint density at radius 1 is 1.21 bits per heavy atom. The summed E-state index contributed by atoms with van der Waals surface area (Å²) in [5.74, 6) is -0.00639. The van der Waals surface area contributed by atoms with Gasteiger partial charge in [0.25, 0.3) is 0 Å². The van der Waals surface area contributed by atoms with E-state index in [0.717, 1.165) is 24.8 Å². The summed E-state index contributed by atoms with van der Waals surface area (Å²) in [7, 11) is -1.79. The van der Waals surface area contributed by atoms with Crippen LogP contribution in [0.4, 0.5) is 0 Å². The van der Waals surface area contributed by atoms with E-state index < -0.39 is 16.1 Å². The molecule has 0 aromatic heterocycles. The third-order valence-corrected chi connectivity index (χ3v) is 5.64. The summed E-state index contributed by atoms with van der Waals surface area (Å²) >= 11 is 0. The first kappa shape index (κ1) is 14.5. The Hall–Kier alpha value is -0.910. The van der Waals surface area contributed by atoms with E-state index in [9.17, 15) is 13.5 Å². The molecular weight excluding hydrogens is 262 g/mol. The Bertz CT molecular complexity index is 501. The van der Waals surface area contributed by atoms with Crippen molar-refractivity contribution in [3.63, 3.8) is 0 Å². The van der Waals surface area contributed by atoms with Crippen molar-refractivity contribution in [1.82, 2.24) is 4.31 Å². The van der Waals surface area contributed by atoms with Gasteiger partial charge in [0.1, 0.15) is 0 Å². The normalized spacial score (nSPS) is 24.6. The van der Waals surface area contributed by atoms with Crippen LogP contribution in [0.5, 0.6) is 0 Å². The fourth-order valence-corrected chi connectivity index (χ4v) is 4.08. The second-order valence-corrected chi connectivity index (χ2v) is 7.21. The summed E-state index contributed by atoms with van der Waals surface area (Å²) in [5, 5.41) is 9.96. The van der Waals surface area contributed by atoms with Gasteiger partial charge in [-0.25, -0.2) is 8.42 Å². The van der Waals surface area contributed by atoms with Crippen LogP contribution in [-0.2, 0) is 15.8 Å². The van der Waals surface area contributed by atoms with Crippen LogP contribution >= 0.6 is 0 Å². The summed E-state index contributed by atoms with van der Waals surface area (Å²) < 4.78 is 26.1. The zero-order valence-corrected chi connectivity index (χ0v) is 12.0. The summed E-state index contributed by atoms with van der Waals surface area (Å²) in [6.45, 7) is 0. The molecule has 1 fully saturated rings. The molecule has 1 N–H and O–H groups in total. The zero-order valence-electron chi connectivity index (χ0n) is 11.2. The molecule has 0 amide bonds. The first-order valence-electron chi connectivity index (χ1n) is 6.68. The topological polar surface area (TPSA) is 57.6 Å². The number of likely N-dealkylation sites (N-methyl/N-ethyl adjacent to an activating group) is 1. The predicted octanol–water partition coefficient (Wildman–Crippen LogP) is 1.75. The number of nitrogens with zero attached hydrogens (tertiary/aromatic N) is 1. The third-order valence-electron chi connectivity index (χ3n) is 3.79. The van der Waals surface area contributed by atoms with E-state index in [2.05, 4.69) is 0 Å². The Morgan fingerprint density at radius 2 is 1.84 bits per heavy atom. The van der Waals surface area contributed by atoms with Crippen molar-refractivity contribution in [3.05, 3.63) is 35.9 Å². The quantitative estimate of drug-likeness (QED) is 0.916. The standard InChI is InChI=1S/C14H21NO3S/c1-15(13-9-5-6-10-14(13)16)19(17,18)11-12-7-3-2-4-8-12/h2-4,7-8,13-14,16H,5-6,9-11H2,1H3. The van der Waals surface area contributed by atoms with Crippen molar-refractivity contribution in [2.45, 2.75) is 43.6 Å². The molecule has 1 saturated carbocycles. The fourth-order valence-electron chi connectivity index (χ4n) is 2.61. The molecule has 5 heteroatoms. The van der Waals surface area contributed by atoms with E-state index in [1.54, 1.807) is 7.05 Å². The summed E-state index contributed by atoms with van der Waals surface area (Å²) in [6.07, 6.45) is 2.85. The molecule has 0 heterocycles. The molecule has 0 bridgehead atoms. The first-order chi connectivity index (χ1) is 9.00. The Kier molecular flexibility index (Phi) is 4.60. The molecule has 1 aliphatic carbocycles. The van der Waals surface area contributed by atoms with Gasteiger partial charge in [-0.1, -0.05) is 43.2 Å². The number of hydrogen-bond acceptors (Lipinski definition) is 3. The Labute approximate surface area is 115 Å². The predicted molar refractivity (Wildman–Crippen MR) is 75.1 cm³/mol. The van der Waals surface area contributed by atoms with E-state index in [4.69, 9.17) is 0 Å². The van der Waals surface area contributed by atoms with Crippen molar-refractivity contribution < 1.29 is 13.5 Å². The largest absolute Gasteiger partial charge is 0.391 e. The molecule has 0 spiro atoms. The number of sulfonamides is 1. The lowest BCUT2D eigenvalue weighted by Crippen LogP contribution is -2.46. The maximum absolute atomic E-state index is 12.4. The van der Waals surface area contributed by atoms with Crippen LogP contribution in [0.1, 0.15) is 31.2 Å². The second-order valence-electron chi connectivity index (χ2n) is 5.18. The maximum atomic E-state index is 12.4. The molecule has 0 saturated heterocycles. The molecule has 0 radical (unpaired) electrons. The van der Waals surface area contributed by atoms with Gasteiger partial charge in [0.15, 0.2) is 0 Å². The van der Waals surface area contributed by atoms with Gasteiger partial charge in [0.05, 0.1) is 17.9 Å². The third kappa shape index (κ3) is 3.55. The smallest absolute Gasteiger partial charge is 0.218 e. The maximum Gasteiger partial charge on any atom is 0.218 e. The van der Waals surface area contributed by atoms with Gasteiger partial charge in [-0.3, -0.25) is 0 Å².